The SMILES string of the molecule is O=C(Cn1cnc2ccccc2c1=O)OCC(=O)c1ccc(Cl)cc1Cl. The van der Waals surface area contributed by atoms with Crippen molar-refractivity contribution in [3.8, 4) is 0 Å². The van der Waals surface area contributed by atoms with Gasteiger partial charge in [-0.2, -0.15) is 0 Å². The smallest absolute Gasteiger partial charge is 0.326 e. The summed E-state index contributed by atoms with van der Waals surface area (Å²) in [5.41, 5.74) is 0.378. The molecule has 0 bridgehead atoms. The fourth-order valence-corrected chi connectivity index (χ4v) is 2.86. The molecule has 6 nitrogen and oxygen atoms in total. The van der Waals surface area contributed by atoms with E-state index in [-0.39, 0.29) is 22.7 Å². The summed E-state index contributed by atoms with van der Waals surface area (Å²) in [6.45, 7) is -0.839. The number of hydrogen-bond donors (Lipinski definition) is 0. The minimum absolute atomic E-state index is 0.175. The Bertz CT molecular complexity index is 1060. The maximum absolute atomic E-state index is 12.3. The highest BCUT2D eigenvalue weighted by Crippen LogP contribution is 2.21. The summed E-state index contributed by atoms with van der Waals surface area (Å²) in [5, 5.41) is 0.965. The lowest BCUT2D eigenvalue weighted by atomic mass is 10.1. The number of ketones is 1. The Morgan fingerprint density at radius 2 is 1.88 bits per heavy atom. The lowest BCUT2D eigenvalue weighted by molar-refractivity contribution is -0.143. The second kappa shape index (κ2) is 7.68. The van der Waals surface area contributed by atoms with E-state index in [1.54, 1.807) is 24.3 Å². The molecule has 26 heavy (non-hydrogen) atoms. The lowest BCUT2D eigenvalue weighted by Crippen LogP contribution is -2.26. The molecular formula is C18H12Cl2N2O4. The second-order valence-electron chi connectivity index (χ2n) is 5.40. The number of halogens is 2. The van der Waals surface area contributed by atoms with Crippen LogP contribution in [0.25, 0.3) is 10.9 Å². The molecule has 1 heterocycles. The Morgan fingerprint density at radius 1 is 1.12 bits per heavy atom. The van der Waals surface area contributed by atoms with Gasteiger partial charge in [0.1, 0.15) is 6.54 Å². The minimum Gasteiger partial charge on any atom is -0.456 e. The summed E-state index contributed by atoms with van der Waals surface area (Å²) in [6.07, 6.45) is 1.27. The average molecular weight is 391 g/mol. The molecule has 3 aromatic rings. The number of benzene rings is 2. The molecule has 8 heteroatoms. The van der Waals surface area contributed by atoms with Crippen LogP contribution in [0.2, 0.25) is 10.0 Å². The molecule has 132 valence electrons. The Kier molecular flexibility index (Phi) is 5.35. The van der Waals surface area contributed by atoms with E-state index in [0.717, 1.165) is 4.57 Å². The Labute approximate surface area is 157 Å². The predicted molar refractivity (Wildman–Crippen MR) is 97.8 cm³/mol. The fraction of sp³-hybridized carbons (Fsp3) is 0.111. The van der Waals surface area contributed by atoms with Crippen LogP contribution in [0.15, 0.2) is 53.6 Å². The zero-order chi connectivity index (χ0) is 18.7. The van der Waals surface area contributed by atoms with Crippen molar-refractivity contribution in [3.05, 3.63) is 74.8 Å². The molecule has 0 unspecified atom stereocenters. The number of Topliss-reactive ketones (excluding diaryl/α,β-unsaturated/α-hetero) is 1. The average Bonchev–Trinajstić information content (AvgIpc) is 2.62. The van der Waals surface area contributed by atoms with E-state index in [9.17, 15) is 14.4 Å². The molecule has 3 rings (SSSR count). The number of nitrogens with zero attached hydrogens (tertiary/aromatic N) is 2. The molecule has 0 radical (unpaired) electrons. The van der Waals surface area contributed by atoms with Crippen LogP contribution in [0.3, 0.4) is 0 Å². The first-order valence-corrected chi connectivity index (χ1v) is 8.29. The molecule has 0 N–H and O–H groups in total. The van der Waals surface area contributed by atoms with Gasteiger partial charge in [-0.15, -0.1) is 0 Å². The van der Waals surface area contributed by atoms with Gasteiger partial charge in [0.05, 0.1) is 22.3 Å². The van der Waals surface area contributed by atoms with Gasteiger partial charge in [-0.3, -0.25) is 19.0 Å². The van der Waals surface area contributed by atoms with E-state index in [1.165, 1.54) is 24.5 Å². The normalized spacial score (nSPS) is 10.7. The third-order valence-electron chi connectivity index (χ3n) is 3.63. The Hall–Kier alpha value is -2.70. The molecule has 0 atom stereocenters. The topological polar surface area (TPSA) is 78.3 Å². The molecule has 0 amide bonds. The van der Waals surface area contributed by atoms with Crippen molar-refractivity contribution >= 4 is 45.9 Å². The third kappa shape index (κ3) is 3.92. The van der Waals surface area contributed by atoms with Crippen molar-refractivity contribution in [2.45, 2.75) is 6.54 Å². The number of esters is 1. The van der Waals surface area contributed by atoms with Gasteiger partial charge in [-0.05, 0) is 30.3 Å². The minimum atomic E-state index is -0.734. The van der Waals surface area contributed by atoms with Crippen LogP contribution in [0, 0.1) is 0 Å². The number of rotatable bonds is 5. The summed E-state index contributed by atoms with van der Waals surface area (Å²) in [6, 6.07) is 11.2. The maximum atomic E-state index is 12.3. The summed E-state index contributed by atoms with van der Waals surface area (Å²) in [5.74, 6) is -1.20. The molecule has 2 aromatic carbocycles. The standard InChI is InChI=1S/C18H12Cl2N2O4/c19-11-5-6-12(14(20)7-11)16(23)9-26-17(24)8-22-10-21-15-4-2-1-3-13(15)18(22)25/h1-7,10H,8-9H2. The highest BCUT2D eigenvalue weighted by atomic mass is 35.5. The van der Waals surface area contributed by atoms with Crippen molar-refractivity contribution in [2.75, 3.05) is 6.61 Å². The molecule has 0 aliphatic carbocycles. The van der Waals surface area contributed by atoms with E-state index in [4.69, 9.17) is 27.9 Å². The molecule has 0 fully saturated rings. The number of para-hydroxylation sites is 1. The van der Waals surface area contributed by atoms with Crippen molar-refractivity contribution in [3.63, 3.8) is 0 Å². The first kappa shape index (κ1) is 18.1. The molecule has 1 aromatic heterocycles. The first-order chi connectivity index (χ1) is 12.5. The zero-order valence-electron chi connectivity index (χ0n) is 13.3. The summed E-state index contributed by atoms with van der Waals surface area (Å²) in [4.78, 5) is 40.5. The zero-order valence-corrected chi connectivity index (χ0v) is 14.8. The lowest BCUT2D eigenvalue weighted by Gasteiger charge is -2.08. The largest absolute Gasteiger partial charge is 0.456 e. The van der Waals surface area contributed by atoms with Gasteiger partial charge in [-0.25, -0.2) is 4.98 Å². The van der Waals surface area contributed by atoms with Gasteiger partial charge in [0.2, 0.25) is 5.78 Å². The van der Waals surface area contributed by atoms with Crippen molar-refractivity contribution < 1.29 is 14.3 Å². The Morgan fingerprint density at radius 3 is 2.65 bits per heavy atom. The summed E-state index contributed by atoms with van der Waals surface area (Å²) < 4.78 is 6.08. The van der Waals surface area contributed by atoms with Crippen LogP contribution in [0.1, 0.15) is 10.4 Å². The maximum Gasteiger partial charge on any atom is 0.326 e. The molecule has 0 saturated carbocycles. The second-order valence-corrected chi connectivity index (χ2v) is 6.25. The number of aromatic nitrogens is 2. The van der Waals surface area contributed by atoms with Crippen molar-refractivity contribution in [2.24, 2.45) is 0 Å². The molecular weight excluding hydrogens is 379 g/mol. The van der Waals surface area contributed by atoms with Gasteiger partial charge < -0.3 is 4.74 Å². The molecule has 0 saturated heterocycles. The van der Waals surface area contributed by atoms with E-state index < -0.39 is 18.4 Å². The molecule has 0 aliphatic rings. The van der Waals surface area contributed by atoms with E-state index in [1.807, 2.05) is 0 Å². The van der Waals surface area contributed by atoms with Crippen LogP contribution in [-0.4, -0.2) is 27.9 Å². The van der Waals surface area contributed by atoms with Gasteiger partial charge in [-0.1, -0.05) is 35.3 Å². The van der Waals surface area contributed by atoms with Crippen LogP contribution >= 0.6 is 23.2 Å². The van der Waals surface area contributed by atoms with Crippen LogP contribution in [-0.2, 0) is 16.1 Å². The number of carbonyl (C=O) groups is 2. The number of fused-ring (bicyclic) bond motifs is 1. The van der Waals surface area contributed by atoms with Gasteiger partial charge in [0.15, 0.2) is 6.61 Å². The van der Waals surface area contributed by atoms with Crippen molar-refractivity contribution in [1.29, 1.82) is 0 Å². The number of carbonyl (C=O) groups excluding carboxylic acids is 2. The van der Waals surface area contributed by atoms with Gasteiger partial charge in [0, 0.05) is 10.6 Å². The number of hydrogen-bond acceptors (Lipinski definition) is 5. The fourth-order valence-electron chi connectivity index (χ4n) is 2.34. The predicted octanol–water partition coefficient (Wildman–Crippen LogP) is 3.13. The molecule has 0 spiro atoms. The van der Waals surface area contributed by atoms with E-state index in [2.05, 4.69) is 4.98 Å². The highest BCUT2D eigenvalue weighted by Gasteiger charge is 2.14. The number of ether oxygens (including phenoxy) is 1. The van der Waals surface area contributed by atoms with Gasteiger partial charge in [0.25, 0.3) is 5.56 Å². The first-order valence-electron chi connectivity index (χ1n) is 7.54. The van der Waals surface area contributed by atoms with E-state index >= 15 is 0 Å². The van der Waals surface area contributed by atoms with Crippen LogP contribution in [0.5, 0.6) is 0 Å². The quantitative estimate of drug-likeness (QED) is 0.493. The Balaban J connectivity index is 1.67. The molecule has 0 aliphatic heterocycles. The summed E-state index contributed by atoms with van der Waals surface area (Å²) >= 11 is 11.7. The third-order valence-corrected chi connectivity index (χ3v) is 4.17. The van der Waals surface area contributed by atoms with E-state index in [0.29, 0.717) is 15.9 Å². The van der Waals surface area contributed by atoms with Crippen LogP contribution in [0.4, 0.5) is 0 Å². The highest BCUT2D eigenvalue weighted by molar-refractivity contribution is 6.36. The van der Waals surface area contributed by atoms with Crippen LogP contribution < -0.4 is 5.56 Å². The van der Waals surface area contributed by atoms with Crippen molar-refractivity contribution in [1.82, 2.24) is 9.55 Å². The van der Waals surface area contributed by atoms with Gasteiger partial charge >= 0.3 is 5.97 Å². The summed E-state index contributed by atoms with van der Waals surface area (Å²) in [7, 11) is 0. The monoisotopic (exact) mass is 390 g/mol.